The van der Waals surface area contributed by atoms with Crippen LogP contribution in [0.15, 0.2) is 0 Å². The molecule has 2 heteroatoms. The molecule has 2 N–H and O–H groups in total. The summed E-state index contributed by atoms with van der Waals surface area (Å²) < 4.78 is 5.29. The van der Waals surface area contributed by atoms with Gasteiger partial charge in [0, 0.05) is 13.2 Å². The molecule has 0 aromatic heterocycles. The van der Waals surface area contributed by atoms with E-state index in [4.69, 9.17) is 10.5 Å². The summed E-state index contributed by atoms with van der Waals surface area (Å²) in [7, 11) is 0. The molecule has 0 aliphatic heterocycles. The van der Waals surface area contributed by atoms with E-state index in [1.807, 2.05) is 6.92 Å². The average Bonchev–Trinajstić information content (AvgIpc) is 2.02. The van der Waals surface area contributed by atoms with Crippen molar-refractivity contribution in [3.63, 3.8) is 0 Å². The molecule has 1 atom stereocenters. The maximum Gasteiger partial charge on any atom is 0.0469 e. The minimum absolute atomic E-state index is 0.650. The molecule has 0 heterocycles. The fourth-order valence-electron chi connectivity index (χ4n) is 1.39. The maximum absolute atomic E-state index is 5.65. The Bertz CT molecular complexity index is 93.8. The van der Waals surface area contributed by atoms with Gasteiger partial charge in [-0.1, -0.05) is 13.8 Å². The first-order valence-corrected chi connectivity index (χ1v) is 4.98. The topological polar surface area (TPSA) is 35.2 Å². The van der Waals surface area contributed by atoms with E-state index in [9.17, 15) is 0 Å². The highest BCUT2D eigenvalue weighted by molar-refractivity contribution is 4.61. The van der Waals surface area contributed by atoms with Gasteiger partial charge in [-0.15, -0.1) is 0 Å². The summed E-state index contributed by atoms with van der Waals surface area (Å²) in [4.78, 5) is 0. The lowest BCUT2D eigenvalue weighted by Gasteiger charge is -2.16. The van der Waals surface area contributed by atoms with Crippen molar-refractivity contribution in [2.75, 3.05) is 19.8 Å². The molecule has 0 saturated heterocycles. The van der Waals surface area contributed by atoms with Crippen LogP contribution in [0.25, 0.3) is 0 Å². The van der Waals surface area contributed by atoms with Gasteiger partial charge < -0.3 is 10.5 Å². The van der Waals surface area contributed by atoms with Crippen molar-refractivity contribution in [2.45, 2.75) is 33.6 Å². The van der Waals surface area contributed by atoms with Crippen LogP contribution < -0.4 is 5.73 Å². The predicted octanol–water partition coefficient (Wildman–Crippen LogP) is 2.03. The largest absolute Gasteiger partial charge is 0.382 e. The van der Waals surface area contributed by atoms with E-state index >= 15 is 0 Å². The van der Waals surface area contributed by atoms with Crippen LogP contribution in [0.3, 0.4) is 0 Å². The molecule has 0 rings (SSSR count). The minimum Gasteiger partial charge on any atom is -0.382 e. The Hall–Kier alpha value is -0.0800. The second kappa shape index (κ2) is 7.56. The molecule has 12 heavy (non-hydrogen) atoms. The third kappa shape index (κ3) is 6.62. The standard InChI is InChI=1S/C10H23NO/c1-4-12-6-5-10(8-11)7-9(2)3/h9-10H,4-8,11H2,1-3H3. The molecule has 0 aliphatic carbocycles. The first-order valence-electron chi connectivity index (χ1n) is 4.98. The van der Waals surface area contributed by atoms with Gasteiger partial charge in [0.15, 0.2) is 0 Å². The monoisotopic (exact) mass is 173 g/mol. The fourth-order valence-corrected chi connectivity index (χ4v) is 1.39. The van der Waals surface area contributed by atoms with Crippen molar-refractivity contribution in [3.05, 3.63) is 0 Å². The summed E-state index contributed by atoms with van der Waals surface area (Å²) in [6.07, 6.45) is 2.34. The Balaban J connectivity index is 3.39. The van der Waals surface area contributed by atoms with Crippen LogP contribution in [0.4, 0.5) is 0 Å². The van der Waals surface area contributed by atoms with E-state index in [2.05, 4.69) is 13.8 Å². The predicted molar refractivity (Wildman–Crippen MR) is 53.1 cm³/mol. The van der Waals surface area contributed by atoms with Gasteiger partial charge in [0.05, 0.1) is 0 Å². The van der Waals surface area contributed by atoms with E-state index in [1.165, 1.54) is 6.42 Å². The average molecular weight is 173 g/mol. The third-order valence-corrected chi connectivity index (χ3v) is 2.01. The maximum atomic E-state index is 5.65. The van der Waals surface area contributed by atoms with Crippen molar-refractivity contribution in [1.82, 2.24) is 0 Å². The number of ether oxygens (including phenoxy) is 1. The Morgan fingerprint density at radius 2 is 2.00 bits per heavy atom. The minimum atomic E-state index is 0.650. The van der Waals surface area contributed by atoms with Crippen molar-refractivity contribution < 1.29 is 4.74 Å². The SMILES string of the molecule is CCOCCC(CN)CC(C)C. The zero-order valence-corrected chi connectivity index (χ0v) is 8.68. The second-order valence-electron chi connectivity index (χ2n) is 3.72. The molecule has 74 valence electrons. The van der Waals surface area contributed by atoms with Crippen molar-refractivity contribution in [1.29, 1.82) is 0 Å². The Morgan fingerprint density at radius 1 is 1.33 bits per heavy atom. The number of hydrogen-bond donors (Lipinski definition) is 1. The molecule has 0 fully saturated rings. The summed E-state index contributed by atoms with van der Waals surface area (Å²) in [5.41, 5.74) is 5.65. The van der Waals surface area contributed by atoms with E-state index in [1.54, 1.807) is 0 Å². The van der Waals surface area contributed by atoms with E-state index in [0.29, 0.717) is 5.92 Å². The molecule has 1 unspecified atom stereocenters. The van der Waals surface area contributed by atoms with Crippen LogP contribution in [-0.4, -0.2) is 19.8 Å². The number of hydrogen-bond acceptors (Lipinski definition) is 2. The third-order valence-electron chi connectivity index (χ3n) is 2.01. The van der Waals surface area contributed by atoms with Gasteiger partial charge in [-0.2, -0.15) is 0 Å². The van der Waals surface area contributed by atoms with Gasteiger partial charge in [0.1, 0.15) is 0 Å². The van der Waals surface area contributed by atoms with Crippen LogP contribution >= 0.6 is 0 Å². The van der Waals surface area contributed by atoms with E-state index in [-0.39, 0.29) is 0 Å². The number of rotatable bonds is 7. The summed E-state index contributed by atoms with van der Waals surface area (Å²) in [5, 5.41) is 0. The van der Waals surface area contributed by atoms with Gasteiger partial charge in [-0.25, -0.2) is 0 Å². The molecule has 0 aromatic rings. The van der Waals surface area contributed by atoms with Crippen LogP contribution in [0.2, 0.25) is 0 Å². The van der Waals surface area contributed by atoms with Crippen LogP contribution in [0.5, 0.6) is 0 Å². The molecule has 0 radical (unpaired) electrons. The Kier molecular flexibility index (Phi) is 7.51. The lowest BCUT2D eigenvalue weighted by molar-refractivity contribution is 0.129. The van der Waals surface area contributed by atoms with Crippen molar-refractivity contribution in [3.8, 4) is 0 Å². The van der Waals surface area contributed by atoms with Crippen molar-refractivity contribution in [2.24, 2.45) is 17.6 Å². The van der Waals surface area contributed by atoms with Crippen LogP contribution in [0, 0.1) is 11.8 Å². The molecule has 0 bridgehead atoms. The Morgan fingerprint density at radius 3 is 2.42 bits per heavy atom. The molecule has 0 amide bonds. The lowest BCUT2D eigenvalue weighted by atomic mass is 9.95. The van der Waals surface area contributed by atoms with Crippen LogP contribution in [0.1, 0.15) is 33.6 Å². The molecule has 2 nitrogen and oxygen atoms in total. The summed E-state index contributed by atoms with van der Waals surface area (Å²) in [5.74, 6) is 1.40. The van der Waals surface area contributed by atoms with Gasteiger partial charge in [0.25, 0.3) is 0 Å². The fraction of sp³-hybridized carbons (Fsp3) is 1.00. The number of nitrogens with two attached hydrogens (primary N) is 1. The summed E-state index contributed by atoms with van der Waals surface area (Å²) >= 11 is 0. The first-order chi connectivity index (χ1) is 5.70. The highest BCUT2D eigenvalue weighted by Gasteiger charge is 2.08. The lowest BCUT2D eigenvalue weighted by Crippen LogP contribution is -2.18. The molecular weight excluding hydrogens is 150 g/mol. The van der Waals surface area contributed by atoms with E-state index < -0.39 is 0 Å². The van der Waals surface area contributed by atoms with E-state index in [0.717, 1.165) is 32.1 Å². The molecule has 0 spiro atoms. The highest BCUT2D eigenvalue weighted by Crippen LogP contribution is 2.13. The quantitative estimate of drug-likeness (QED) is 0.598. The second-order valence-corrected chi connectivity index (χ2v) is 3.72. The molecule has 0 aromatic carbocycles. The molecular formula is C10H23NO. The van der Waals surface area contributed by atoms with Crippen LogP contribution in [-0.2, 0) is 4.74 Å². The summed E-state index contributed by atoms with van der Waals surface area (Å²) in [6.45, 7) is 8.99. The summed E-state index contributed by atoms with van der Waals surface area (Å²) in [6, 6.07) is 0. The smallest absolute Gasteiger partial charge is 0.0469 e. The van der Waals surface area contributed by atoms with Gasteiger partial charge in [-0.3, -0.25) is 0 Å². The van der Waals surface area contributed by atoms with Gasteiger partial charge in [0.2, 0.25) is 0 Å². The zero-order chi connectivity index (χ0) is 9.40. The van der Waals surface area contributed by atoms with Gasteiger partial charge >= 0.3 is 0 Å². The normalized spacial score (nSPS) is 13.8. The first kappa shape index (κ1) is 11.9. The molecule has 0 saturated carbocycles. The highest BCUT2D eigenvalue weighted by atomic mass is 16.5. The van der Waals surface area contributed by atoms with Crippen molar-refractivity contribution >= 4 is 0 Å². The van der Waals surface area contributed by atoms with Gasteiger partial charge in [-0.05, 0) is 38.1 Å². The Labute approximate surface area is 76.5 Å². The zero-order valence-electron chi connectivity index (χ0n) is 8.68. The molecule has 0 aliphatic rings.